The summed E-state index contributed by atoms with van der Waals surface area (Å²) < 4.78 is 31.4. The molecule has 11 heteroatoms. The Hall–Kier alpha value is -3.63. The summed E-state index contributed by atoms with van der Waals surface area (Å²) in [5, 5.41) is 3.67. The molecule has 44 heavy (non-hydrogen) atoms. The van der Waals surface area contributed by atoms with Crippen molar-refractivity contribution >= 4 is 44.4 Å². The number of ether oxygens (including phenoxy) is 1. The van der Waals surface area contributed by atoms with Gasteiger partial charge in [-0.15, -0.1) is 0 Å². The molecule has 1 aromatic carbocycles. The van der Waals surface area contributed by atoms with E-state index in [0.717, 1.165) is 47.9 Å². The number of hydrogen-bond donors (Lipinski definition) is 1. The molecule has 0 atom stereocenters. The molecule has 1 N–H and O–H groups in total. The van der Waals surface area contributed by atoms with Crippen LogP contribution in [0.15, 0.2) is 53.7 Å². The molecule has 1 aliphatic rings. The van der Waals surface area contributed by atoms with Crippen molar-refractivity contribution in [2.24, 2.45) is 5.92 Å². The fourth-order valence-corrected chi connectivity index (χ4v) is 7.48. The van der Waals surface area contributed by atoms with E-state index in [1.165, 1.54) is 6.07 Å². The van der Waals surface area contributed by atoms with Gasteiger partial charge in [-0.25, -0.2) is 23.4 Å². The Labute approximate surface area is 263 Å². The summed E-state index contributed by atoms with van der Waals surface area (Å²) in [6, 6.07) is 10.4. The molecule has 0 radical (unpaired) electrons. The summed E-state index contributed by atoms with van der Waals surface area (Å²) in [6.45, 7) is 9.58. The SMILES string of the molecule is Cc1cc(CS(=O)(=O)c2ccccc2Cl)ncc1-c1cc(C)c2nc(NC3CCC(CC(=O)OC(C)(C)C)CC3)ncc2n1. The molecule has 232 valence electrons. The van der Waals surface area contributed by atoms with Crippen LogP contribution < -0.4 is 5.32 Å². The number of benzene rings is 1. The van der Waals surface area contributed by atoms with Gasteiger partial charge in [-0.1, -0.05) is 23.7 Å². The van der Waals surface area contributed by atoms with Crippen molar-refractivity contribution < 1.29 is 17.9 Å². The predicted octanol–water partition coefficient (Wildman–Crippen LogP) is 7.03. The van der Waals surface area contributed by atoms with Gasteiger partial charge >= 0.3 is 5.97 Å². The second-order valence-electron chi connectivity index (χ2n) is 12.6. The number of pyridine rings is 2. The van der Waals surface area contributed by atoms with Crippen LogP contribution in [0.1, 0.15) is 69.7 Å². The number of rotatable bonds is 8. The molecule has 0 saturated heterocycles. The van der Waals surface area contributed by atoms with Gasteiger partial charge in [-0.05, 0) is 102 Å². The van der Waals surface area contributed by atoms with E-state index in [4.69, 9.17) is 26.3 Å². The zero-order chi connectivity index (χ0) is 31.6. The summed E-state index contributed by atoms with van der Waals surface area (Å²) in [5.41, 5.74) is 4.72. The first-order chi connectivity index (χ1) is 20.8. The van der Waals surface area contributed by atoms with Crippen LogP contribution in [-0.4, -0.2) is 46.0 Å². The van der Waals surface area contributed by atoms with Gasteiger partial charge in [0.05, 0.1) is 38.8 Å². The summed E-state index contributed by atoms with van der Waals surface area (Å²) >= 11 is 6.13. The van der Waals surface area contributed by atoms with Gasteiger partial charge in [0.25, 0.3) is 0 Å². The molecule has 3 aromatic heterocycles. The second-order valence-corrected chi connectivity index (χ2v) is 14.9. The number of aryl methyl sites for hydroxylation is 2. The molecular weight excluding hydrogens is 598 g/mol. The number of sulfone groups is 1. The Balaban J connectivity index is 1.25. The number of halogens is 1. The van der Waals surface area contributed by atoms with Gasteiger partial charge in [-0.2, -0.15) is 0 Å². The smallest absolute Gasteiger partial charge is 0.306 e. The molecule has 1 saturated carbocycles. The third kappa shape index (κ3) is 7.71. The second kappa shape index (κ2) is 12.8. The van der Waals surface area contributed by atoms with Crippen LogP contribution in [0, 0.1) is 19.8 Å². The third-order valence-electron chi connectivity index (χ3n) is 7.75. The lowest BCUT2D eigenvalue weighted by atomic mass is 9.84. The number of carbonyl (C=O) groups is 1. The Kier molecular flexibility index (Phi) is 9.23. The van der Waals surface area contributed by atoms with Crippen molar-refractivity contribution in [1.82, 2.24) is 19.9 Å². The maximum atomic E-state index is 13.0. The lowest BCUT2D eigenvalue weighted by molar-refractivity contribution is -0.156. The molecule has 0 amide bonds. The molecule has 0 unspecified atom stereocenters. The average Bonchev–Trinajstić information content (AvgIpc) is 2.93. The molecule has 0 spiro atoms. The number of aromatic nitrogens is 4. The highest BCUT2D eigenvalue weighted by molar-refractivity contribution is 7.90. The first kappa shape index (κ1) is 31.8. The highest BCUT2D eigenvalue weighted by atomic mass is 35.5. The highest BCUT2D eigenvalue weighted by Gasteiger charge is 2.26. The molecular formula is C33H38ClN5O4S. The number of fused-ring (bicyclic) bond motifs is 1. The monoisotopic (exact) mass is 635 g/mol. The number of nitrogens with zero attached hydrogens (tertiary/aromatic N) is 4. The van der Waals surface area contributed by atoms with E-state index in [-0.39, 0.29) is 27.7 Å². The van der Waals surface area contributed by atoms with E-state index in [0.29, 0.717) is 35.2 Å². The van der Waals surface area contributed by atoms with Crippen molar-refractivity contribution in [1.29, 1.82) is 0 Å². The minimum absolute atomic E-state index is 0.0942. The van der Waals surface area contributed by atoms with Crippen molar-refractivity contribution in [3.05, 3.63) is 70.6 Å². The van der Waals surface area contributed by atoms with E-state index in [2.05, 4.69) is 15.3 Å². The molecule has 1 fully saturated rings. The lowest BCUT2D eigenvalue weighted by Gasteiger charge is -2.29. The van der Waals surface area contributed by atoms with E-state index >= 15 is 0 Å². The largest absolute Gasteiger partial charge is 0.460 e. The maximum Gasteiger partial charge on any atom is 0.306 e. The molecule has 4 aromatic rings. The standard InChI is InChI=1S/C33H38ClN5O4S/c1-20-14-24(19-44(41,42)29-9-7-6-8-26(29)34)35-17-25(20)27-15-21(2)31-28(38-27)18-36-32(39-31)37-23-12-10-22(11-13-23)16-30(40)43-33(3,4)5/h6-9,14-15,17-18,22-23H,10-13,16,19H2,1-5H3,(H,36,37,39). The normalized spacial score (nSPS) is 17.4. The van der Waals surface area contributed by atoms with Crippen molar-refractivity contribution in [2.45, 2.75) is 89.0 Å². The average molecular weight is 636 g/mol. The molecule has 0 aliphatic heterocycles. The summed E-state index contributed by atoms with van der Waals surface area (Å²) in [6.07, 6.45) is 7.63. The fraction of sp³-hybridized carbons (Fsp3) is 0.424. The number of nitrogens with one attached hydrogen (secondary N) is 1. The van der Waals surface area contributed by atoms with Crippen LogP contribution in [-0.2, 0) is 25.1 Å². The van der Waals surface area contributed by atoms with Gasteiger partial charge in [0, 0.05) is 24.2 Å². The fourth-order valence-electron chi connectivity index (χ4n) is 5.63. The van der Waals surface area contributed by atoms with E-state index < -0.39 is 15.4 Å². The van der Waals surface area contributed by atoms with Crippen LogP contribution in [0.5, 0.6) is 0 Å². The van der Waals surface area contributed by atoms with E-state index in [9.17, 15) is 13.2 Å². The van der Waals surface area contributed by atoms with Gasteiger partial charge in [0.2, 0.25) is 5.95 Å². The van der Waals surface area contributed by atoms with Crippen LogP contribution in [0.3, 0.4) is 0 Å². The van der Waals surface area contributed by atoms with Crippen molar-refractivity contribution in [2.75, 3.05) is 5.32 Å². The number of hydrogen-bond acceptors (Lipinski definition) is 9. The van der Waals surface area contributed by atoms with Gasteiger partial charge in [0.1, 0.15) is 11.1 Å². The Bertz CT molecular complexity index is 1800. The number of carbonyl (C=O) groups excluding carboxylic acids is 1. The van der Waals surface area contributed by atoms with Crippen molar-refractivity contribution in [3.8, 4) is 11.3 Å². The topological polar surface area (TPSA) is 124 Å². The quantitative estimate of drug-likeness (QED) is 0.203. The van der Waals surface area contributed by atoms with Crippen LogP contribution in [0.2, 0.25) is 5.02 Å². The first-order valence-corrected chi connectivity index (χ1v) is 16.9. The first-order valence-electron chi connectivity index (χ1n) is 14.8. The van der Waals surface area contributed by atoms with Crippen molar-refractivity contribution in [3.63, 3.8) is 0 Å². The van der Waals surface area contributed by atoms with Crippen LogP contribution in [0.25, 0.3) is 22.3 Å². The lowest BCUT2D eigenvalue weighted by Crippen LogP contribution is -2.30. The summed E-state index contributed by atoms with van der Waals surface area (Å²) in [4.78, 5) is 30.9. The predicted molar refractivity (Wildman–Crippen MR) is 172 cm³/mol. The molecule has 1 aliphatic carbocycles. The van der Waals surface area contributed by atoms with Crippen LogP contribution in [0.4, 0.5) is 5.95 Å². The summed E-state index contributed by atoms with van der Waals surface area (Å²) in [7, 11) is -3.65. The third-order valence-corrected chi connectivity index (χ3v) is 9.89. The number of anilines is 1. The zero-order valence-electron chi connectivity index (χ0n) is 25.7. The highest BCUT2D eigenvalue weighted by Crippen LogP contribution is 2.31. The van der Waals surface area contributed by atoms with E-state index in [1.54, 1.807) is 36.7 Å². The molecule has 3 heterocycles. The molecule has 9 nitrogen and oxygen atoms in total. The Morgan fingerprint density at radius 2 is 1.73 bits per heavy atom. The minimum Gasteiger partial charge on any atom is -0.460 e. The number of esters is 1. The maximum absolute atomic E-state index is 13.0. The molecule has 5 rings (SSSR count). The van der Waals surface area contributed by atoms with Crippen LogP contribution >= 0.6 is 11.6 Å². The van der Waals surface area contributed by atoms with Gasteiger partial charge in [-0.3, -0.25) is 9.78 Å². The zero-order valence-corrected chi connectivity index (χ0v) is 27.3. The summed E-state index contributed by atoms with van der Waals surface area (Å²) in [5.74, 6) is 0.519. The van der Waals surface area contributed by atoms with Gasteiger partial charge < -0.3 is 10.1 Å². The Morgan fingerprint density at radius 1 is 1.00 bits per heavy atom. The minimum atomic E-state index is -3.65. The molecule has 0 bridgehead atoms. The van der Waals surface area contributed by atoms with E-state index in [1.807, 2.05) is 40.7 Å². The van der Waals surface area contributed by atoms with Gasteiger partial charge in [0.15, 0.2) is 9.84 Å². The Morgan fingerprint density at radius 3 is 2.41 bits per heavy atom.